The maximum Gasteiger partial charge on any atom is 0.168 e. The zero-order valence-corrected chi connectivity index (χ0v) is 30.8. The molecule has 3 heterocycles. The molecule has 7 heteroatoms. The second kappa shape index (κ2) is 14.7. The van der Waals surface area contributed by atoms with E-state index in [-0.39, 0.29) is 0 Å². The average molecular weight is 734 g/mol. The second-order valence-corrected chi connectivity index (χ2v) is 13.7. The summed E-state index contributed by atoms with van der Waals surface area (Å²) < 4.78 is 6.15. The molecule has 3 aromatic heterocycles. The van der Waals surface area contributed by atoms with Crippen molar-refractivity contribution >= 4 is 0 Å². The van der Waals surface area contributed by atoms with E-state index in [2.05, 4.69) is 150 Å². The van der Waals surface area contributed by atoms with Gasteiger partial charge in [0, 0.05) is 39.1 Å². The molecule has 0 fully saturated rings. The van der Waals surface area contributed by atoms with Crippen LogP contribution >= 0.6 is 0 Å². The van der Waals surface area contributed by atoms with E-state index in [9.17, 15) is 0 Å². The second-order valence-electron chi connectivity index (χ2n) is 13.7. The van der Waals surface area contributed by atoms with Crippen LogP contribution in [0.1, 0.15) is 0 Å². The quantitative estimate of drug-likeness (QED) is 0.148. The molecule has 57 heavy (non-hydrogen) atoms. The Labute approximate surface area is 330 Å². The van der Waals surface area contributed by atoms with Gasteiger partial charge in [-0.15, -0.1) is 10.2 Å². The molecule has 0 radical (unpaired) electrons. The number of rotatable bonds is 9. The molecule has 10 aromatic rings. The lowest BCUT2D eigenvalue weighted by Crippen LogP contribution is -2.02. The highest BCUT2D eigenvalue weighted by Crippen LogP contribution is 2.34. The highest BCUT2D eigenvalue weighted by Gasteiger charge is 2.20. The molecule has 0 N–H and O–H groups in total. The van der Waals surface area contributed by atoms with Crippen molar-refractivity contribution in [3.63, 3.8) is 0 Å². The third kappa shape index (κ3) is 6.53. The largest absolute Gasteiger partial charge is 0.275 e. The van der Waals surface area contributed by atoms with Crippen molar-refractivity contribution in [1.29, 1.82) is 0 Å². The van der Waals surface area contributed by atoms with Crippen LogP contribution in [0.3, 0.4) is 0 Å². The summed E-state index contributed by atoms with van der Waals surface area (Å²) in [7, 11) is 0. The van der Waals surface area contributed by atoms with Crippen LogP contribution in [0, 0.1) is 0 Å². The summed E-state index contributed by atoms with van der Waals surface area (Å²) in [6, 6.07) is 72.7. The van der Waals surface area contributed by atoms with Crippen LogP contribution in [0.15, 0.2) is 212 Å². The van der Waals surface area contributed by atoms with Crippen LogP contribution in [-0.4, -0.2) is 34.3 Å². The third-order valence-electron chi connectivity index (χ3n) is 10.1. The summed E-state index contributed by atoms with van der Waals surface area (Å²) >= 11 is 0. The third-order valence-corrected chi connectivity index (χ3v) is 10.1. The first kappa shape index (κ1) is 33.7. The summed E-state index contributed by atoms with van der Waals surface area (Å²) in [5, 5.41) is 19.8. The molecule has 0 saturated carbocycles. The Morgan fingerprint density at radius 2 is 0.614 bits per heavy atom. The lowest BCUT2D eigenvalue weighted by atomic mass is 10.1. The minimum atomic E-state index is 0.742. The molecule has 0 aliphatic heterocycles. The molecule has 0 aliphatic rings. The maximum absolute atomic E-state index is 5.08. The van der Waals surface area contributed by atoms with Gasteiger partial charge in [0.15, 0.2) is 11.6 Å². The van der Waals surface area contributed by atoms with Crippen LogP contribution in [0.25, 0.3) is 84.9 Å². The van der Waals surface area contributed by atoms with Crippen LogP contribution < -0.4 is 0 Å². The summed E-state index contributed by atoms with van der Waals surface area (Å²) in [5.41, 5.74) is 12.9. The number of benzene rings is 7. The number of hydrogen-bond donors (Lipinski definition) is 0. The standard InChI is InChI=1S/C50H35N7/c1-6-16-36(17-7-1)45-34-47(38-20-10-3-11-21-38)56(53-45)43-30-26-40(27-31-43)49-51-52-50(55(49)42-24-14-5-15-25-42)41-28-32-44(33-29-41)57-48(39-22-12-4-13-23-39)35-46(54-57)37-18-8-2-9-19-37/h1-35H. The number of hydrogen-bond acceptors (Lipinski definition) is 4. The van der Waals surface area contributed by atoms with Gasteiger partial charge in [0.1, 0.15) is 0 Å². The highest BCUT2D eigenvalue weighted by molar-refractivity contribution is 5.74. The van der Waals surface area contributed by atoms with E-state index in [0.717, 1.165) is 84.9 Å². The van der Waals surface area contributed by atoms with E-state index >= 15 is 0 Å². The van der Waals surface area contributed by atoms with Gasteiger partial charge in [-0.25, -0.2) is 9.36 Å². The molecule has 0 spiro atoms. The smallest absolute Gasteiger partial charge is 0.168 e. The summed E-state index contributed by atoms with van der Waals surface area (Å²) in [6.45, 7) is 0. The highest BCUT2D eigenvalue weighted by atomic mass is 15.3. The van der Waals surface area contributed by atoms with Crippen molar-refractivity contribution < 1.29 is 0 Å². The van der Waals surface area contributed by atoms with Crippen molar-refractivity contribution in [3.05, 3.63) is 212 Å². The Hall–Kier alpha value is -7.90. The van der Waals surface area contributed by atoms with Crippen LogP contribution in [0.5, 0.6) is 0 Å². The van der Waals surface area contributed by atoms with Gasteiger partial charge in [-0.1, -0.05) is 140 Å². The molecule has 0 unspecified atom stereocenters. The molecule has 10 rings (SSSR count). The average Bonchev–Trinajstić information content (AvgIpc) is 4.07. The SMILES string of the molecule is c1ccc(-c2cc(-c3ccccc3)n(-c3ccc(-c4nnc(-c5ccc(-n6nc(-c7ccccc7)cc6-c6ccccc6)cc5)n4-c4ccccc4)cc3)n2)cc1. The lowest BCUT2D eigenvalue weighted by Gasteiger charge is -2.13. The van der Waals surface area contributed by atoms with E-state index in [0.29, 0.717) is 0 Å². The summed E-state index contributed by atoms with van der Waals surface area (Å²) in [4.78, 5) is 0. The first-order chi connectivity index (χ1) is 28.3. The fraction of sp³-hybridized carbons (Fsp3) is 0. The monoisotopic (exact) mass is 733 g/mol. The van der Waals surface area contributed by atoms with Gasteiger partial charge in [0.05, 0.1) is 34.2 Å². The fourth-order valence-corrected chi connectivity index (χ4v) is 7.27. The van der Waals surface area contributed by atoms with Crippen LogP contribution in [0.4, 0.5) is 0 Å². The van der Waals surface area contributed by atoms with E-state index < -0.39 is 0 Å². The Morgan fingerprint density at radius 3 is 0.982 bits per heavy atom. The molecule has 0 amide bonds. The van der Waals surface area contributed by atoms with Crippen molar-refractivity contribution in [2.75, 3.05) is 0 Å². The molecular weight excluding hydrogens is 699 g/mol. The van der Waals surface area contributed by atoms with E-state index in [1.807, 2.05) is 76.1 Å². The topological polar surface area (TPSA) is 66.3 Å². The Morgan fingerprint density at radius 1 is 0.281 bits per heavy atom. The lowest BCUT2D eigenvalue weighted by molar-refractivity contribution is 0.891. The first-order valence-electron chi connectivity index (χ1n) is 18.9. The minimum Gasteiger partial charge on any atom is -0.275 e. The van der Waals surface area contributed by atoms with Gasteiger partial charge >= 0.3 is 0 Å². The Bertz CT molecular complexity index is 2710. The predicted octanol–water partition coefficient (Wildman–Crippen LogP) is 11.6. The van der Waals surface area contributed by atoms with E-state index in [1.165, 1.54) is 0 Å². The number of nitrogens with zero attached hydrogens (tertiary/aromatic N) is 7. The van der Waals surface area contributed by atoms with Gasteiger partial charge < -0.3 is 0 Å². The van der Waals surface area contributed by atoms with Crippen LogP contribution in [-0.2, 0) is 0 Å². The normalized spacial score (nSPS) is 11.2. The van der Waals surface area contributed by atoms with Crippen molar-refractivity contribution in [2.24, 2.45) is 0 Å². The summed E-state index contributed by atoms with van der Waals surface area (Å²) in [5.74, 6) is 1.48. The van der Waals surface area contributed by atoms with Gasteiger partial charge in [-0.2, -0.15) is 10.2 Å². The van der Waals surface area contributed by atoms with Gasteiger partial charge in [0.2, 0.25) is 0 Å². The van der Waals surface area contributed by atoms with E-state index in [1.54, 1.807) is 0 Å². The maximum atomic E-state index is 5.08. The molecule has 7 aromatic carbocycles. The van der Waals surface area contributed by atoms with Gasteiger partial charge in [-0.3, -0.25) is 4.57 Å². The zero-order valence-electron chi connectivity index (χ0n) is 30.8. The predicted molar refractivity (Wildman–Crippen MR) is 228 cm³/mol. The first-order valence-corrected chi connectivity index (χ1v) is 18.9. The molecule has 0 bridgehead atoms. The zero-order chi connectivity index (χ0) is 38.0. The number of aromatic nitrogens is 7. The van der Waals surface area contributed by atoms with Crippen molar-refractivity contribution in [3.8, 4) is 84.9 Å². The number of para-hydroxylation sites is 1. The minimum absolute atomic E-state index is 0.742. The Kier molecular flexibility index (Phi) is 8.70. The molecule has 0 saturated heterocycles. The van der Waals surface area contributed by atoms with Gasteiger partial charge in [-0.05, 0) is 72.8 Å². The van der Waals surface area contributed by atoms with Crippen molar-refractivity contribution in [1.82, 2.24) is 34.3 Å². The van der Waals surface area contributed by atoms with Crippen LogP contribution in [0.2, 0.25) is 0 Å². The molecule has 7 nitrogen and oxygen atoms in total. The molecule has 0 atom stereocenters. The Balaban J connectivity index is 1.02. The van der Waals surface area contributed by atoms with E-state index in [4.69, 9.17) is 20.4 Å². The summed E-state index contributed by atoms with van der Waals surface area (Å²) in [6.07, 6.45) is 0. The molecule has 270 valence electrons. The molecular formula is C50H35N7. The van der Waals surface area contributed by atoms with Gasteiger partial charge in [0.25, 0.3) is 0 Å². The molecule has 0 aliphatic carbocycles. The van der Waals surface area contributed by atoms with Crippen molar-refractivity contribution in [2.45, 2.75) is 0 Å². The fourth-order valence-electron chi connectivity index (χ4n) is 7.27.